The third-order valence-electron chi connectivity index (χ3n) is 3.44. The third kappa shape index (κ3) is 3.34. The highest BCUT2D eigenvalue weighted by Gasteiger charge is 2.15. The van der Waals surface area contributed by atoms with Crippen molar-refractivity contribution in [1.29, 1.82) is 0 Å². The van der Waals surface area contributed by atoms with Gasteiger partial charge in [-0.05, 0) is 31.0 Å². The second-order valence-electron chi connectivity index (χ2n) is 4.97. The Bertz CT molecular complexity index is 610. The molecule has 3 rings (SSSR count). The number of nitrogens with one attached hydrogen (secondary N) is 1. The molecule has 1 aliphatic rings. The lowest BCUT2D eigenvalue weighted by Gasteiger charge is -2.15. The molecule has 1 aliphatic heterocycles. The molecule has 1 amide bonds. The number of amides is 1. The van der Waals surface area contributed by atoms with Gasteiger partial charge in [0, 0.05) is 31.7 Å². The van der Waals surface area contributed by atoms with Crippen LogP contribution in [0.25, 0.3) is 0 Å². The molecule has 0 atom stereocenters. The molecular formula is C15H17N5O. The number of hydrogen-bond donors (Lipinski definition) is 1. The summed E-state index contributed by atoms with van der Waals surface area (Å²) in [5.41, 5.74) is 1.36. The van der Waals surface area contributed by atoms with E-state index < -0.39 is 0 Å². The van der Waals surface area contributed by atoms with Crippen molar-refractivity contribution < 1.29 is 4.79 Å². The largest absolute Gasteiger partial charge is 0.346 e. The highest BCUT2D eigenvalue weighted by molar-refractivity contribution is 5.93. The smallest absolute Gasteiger partial charge is 0.253 e. The van der Waals surface area contributed by atoms with Crippen LogP contribution < -0.4 is 10.2 Å². The minimum Gasteiger partial charge on any atom is -0.346 e. The average Bonchev–Trinajstić information content (AvgIpc) is 3.08. The molecule has 2 aromatic rings. The predicted octanol–water partition coefficient (Wildman–Crippen LogP) is 1.40. The molecule has 1 fully saturated rings. The van der Waals surface area contributed by atoms with Crippen LogP contribution in [0.3, 0.4) is 0 Å². The minimum atomic E-state index is -0.149. The molecule has 0 aromatic carbocycles. The van der Waals surface area contributed by atoms with Crippen molar-refractivity contribution in [2.45, 2.75) is 19.4 Å². The van der Waals surface area contributed by atoms with Gasteiger partial charge in [0.25, 0.3) is 5.91 Å². The van der Waals surface area contributed by atoms with E-state index in [0.29, 0.717) is 12.1 Å². The van der Waals surface area contributed by atoms with Gasteiger partial charge in [0.05, 0.1) is 17.8 Å². The van der Waals surface area contributed by atoms with Crippen LogP contribution in [-0.4, -0.2) is 33.9 Å². The zero-order chi connectivity index (χ0) is 14.5. The summed E-state index contributed by atoms with van der Waals surface area (Å²) in [6.07, 6.45) is 7.30. The number of nitrogens with zero attached hydrogens (tertiary/aromatic N) is 4. The van der Waals surface area contributed by atoms with Crippen LogP contribution in [0.1, 0.15) is 28.9 Å². The van der Waals surface area contributed by atoms with E-state index in [1.165, 1.54) is 12.8 Å². The number of hydrogen-bond acceptors (Lipinski definition) is 5. The first-order valence-electron chi connectivity index (χ1n) is 7.08. The van der Waals surface area contributed by atoms with Crippen molar-refractivity contribution in [3.8, 4) is 0 Å². The van der Waals surface area contributed by atoms with E-state index in [4.69, 9.17) is 0 Å². The Hall–Kier alpha value is -2.50. The minimum absolute atomic E-state index is 0.149. The van der Waals surface area contributed by atoms with Gasteiger partial charge in [-0.25, -0.2) is 9.97 Å². The molecular weight excluding hydrogens is 266 g/mol. The van der Waals surface area contributed by atoms with E-state index in [2.05, 4.69) is 25.2 Å². The molecule has 6 nitrogen and oxygen atoms in total. The summed E-state index contributed by atoms with van der Waals surface area (Å²) >= 11 is 0. The normalized spacial score (nSPS) is 14.2. The standard InChI is InChI=1S/C15H17N5O/c21-14(12-4-3-6-16-10-12)18-11-13-5-7-17-15(19-13)20-8-1-2-9-20/h3-7,10H,1-2,8-9,11H2,(H,18,21). The number of rotatable bonds is 4. The van der Waals surface area contributed by atoms with E-state index in [-0.39, 0.29) is 5.91 Å². The van der Waals surface area contributed by atoms with Crippen LogP contribution in [0.15, 0.2) is 36.8 Å². The van der Waals surface area contributed by atoms with Crippen molar-refractivity contribution in [3.05, 3.63) is 48.0 Å². The molecule has 0 unspecified atom stereocenters. The van der Waals surface area contributed by atoms with Gasteiger partial charge in [0.2, 0.25) is 5.95 Å². The van der Waals surface area contributed by atoms with Gasteiger partial charge in [0.15, 0.2) is 0 Å². The maximum absolute atomic E-state index is 12.0. The Morgan fingerprint density at radius 1 is 1.24 bits per heavy atom. The average molecular weight is 283 g/mol. The summed E-state index contributed by atoms with van der Waals surface area (Å²) in [6.45, 7) is 2.40. The highest BCUT2D eigenvalue weighted by atomic mass is 16.1. The molecule has 0 radical (unpaired) electrons. The summed E-state index contributed by atoms with van der Waals surface area (Å²) in [4.78, 5) is 26.9. The molecule has 0 aliphatic carbocycles. The van der Waals surface area contributed by atoms with Gasteiger partial charge in [-0.1, -0.05) is 0 Å². The Morgan fingerprint density at radius 2 is 2.10 bits per heavy atom. The van der Waals surface area contributed by atoms with Crippen LogP contribution in [0.4, 0.5) is 5.95 Å². The maximum atomic E-state index is 12.0. The number of aromatic nitrogens is 3. The second kappa shape index (κ2) is 6.30. The van der Waals surface area contributed by atoms with Gasteiger partial charge in [-0.15, -0.1) is 0 Å². The number of carbonyl (C=O) groups excluding carboxylic acids is 1. The predicted molar refractivity (Wildman–Crippen MR) is 78.9 cm³/mol. The van der Waals surface area contributed by atoms with Crippen molar-refractivity contribution in [3.63, 3.8) is 0 Å². The van der Waals surface area contributed by atoms with E-state index in [9.17, 15) is 4.79 Å². The fraction of sp³-hybridized carbons (Fsp3) is 0.333. The monoisotopic (exact) mass is 283 g/mol. The van der Waals surface area contributed by atoms with Gasteiger partial charge in [-0.3, -0.25) is 9.78 Å². The first-order chi connectivity index (χ1) is 10.3. The molecule has 1 saturated heterocycles. The molecule has 0 spiro atoms. The number of pyridine rings is 1. The van der Waals surface area contributed by atoms with Crippen molar-refractivity contribution >= 4 is 11.9 Å². The van der Waals surface area contributed by atoms with Gasteiger partial charge < -0.3 is 10.2 Å². The van der Waals surface area contributed by atoms with Crippen LogP contribution >= 0.6 is 0 Å². The fourth-order valence-corrected chi connectivity index (χ4v) is 2.32. The number of anilines is 1. The number of carbonyl (C=O) groups is 1. The Labute approximate surface area is 123 Å². The molecule has 21 heavy (non-hydrogen) atoms. The van der Waals surface area contributed by atoms with Crippen molar-refractivity contribution in [2.24, 2.45) is 0 Å². The first kappa shape index (κ1) is 13.5. The van der Waals surface area contributed by atoms with Gasteiger partial charge in [-0.2, -0.15) is 0 Å². The summed E-state index contributed by atoms with van der Waals surface area (Å²) in [5, 5.41) is 2.85. The topological polar surface area (TPSA) is 71.0 Å². The summed E-state index contributed by atoms with van der Waals surface area (Å²) in [7, 11) is 0. The van der Waals surface area contributed by atoms with Gasteiger partial charge >= 0.3 is 0 Å². The lowest BCUT2D eigenvalue weighted by atomic mass is 10.2. The van der Waals surface area contributed by atoms with E-state index in [1.54, 1.807) is 30.7 Å². The summed E-state index contributed by atoms with van der Waals surface area (Å²) < 4.78 is 0. The fourth-order valence-electron chi connectivity index (χ4n) is 2.32. The molecule has 2 aromatic heterocycles. The molecule has 3 heterocycles. The highest BCUT2D eigenvalue weighted by Crippen LogP contribution is 2.15. The Kier molecular flexibility index (Phi) is 4.04. The Balaban J connectivity index is 1.63. The molecule has 0 saturated carbocycles. The zero-order valence-electron chi connectivity index (χ0n) is 11.7. The van der Waals surface area contributed by atoms with E-state index >= 15 is 0 Å². The van der Waals surface area contributed by atoms with Crippen LogP contribution in [-0.2, 0) is 6.54 Å². The second-order valence-corrected chi connectivity index (χ2v) is 4.97. The lowest BCUT2D eigenvalue weighted by Crippen LogP contribution is -2.25. The quantitative estimate of drug-likeness (QED) is 0.918. The summed E-state index contributed by atoms with van der Waals surface area (Å²) in [6, 6.07) is 5.30. The SMILES string of the molecule is O=C(NCc1ccnc(N2CCCC2)n1)c1cccnc1. The van der Waals surface area contributed by atoms with E-state index in [0.717, 1.165) is 24.7 Å². The van der Waals surface area contributed by atoms with Crippen LogP contribution in [0.2, 0.25) is 0 Å². The molecule has 6 heteroatoms. The maximum Gasteiger partial charge on any atom is 0.253 e. The molecule has 1 N–H and O–H groups in total. The third-order valence-corrected chi connectivity index (χ3v) is 3.44. The zero-order valence-corrected chi connectivity index (χ0v) is 11.7. The molecule has 108 valence electrons. The van der Waals surface area contributed by atoms with E-state index in [1.807, 2.05) is 6.07 Å². The summed E-state index contributed by atoms with van der Waals surface area (Å²) in [5.74, 6) is 0.602. The Morgan fingerprint density at radius 3 is 2.86 bits per heavy atom. The first-order valence-corrected chi connectivity index (χ1v) is 7.08. The molecule has 0 bridgehead atoms. The van der Waals surface area contributed by atoms with Gasteiger partial charge in [0.1, 0.15) is 0 Å². The lowest BCUT2D eigenvalue weighted by molar-refractivity contribution is 0.0950. The van der Waals surface area contributed by atoms with Crippen molar-refractivity contribution in [2.75, 3.05) is 18.0 Å². The van der Waals surface area contributed by atoms with Crippen molar-refractivity contribution in [1.82, 2.24) is 20.3 Å². The van der Waals surface area contributed by atoms with Crippen LogP contribution in [0.5, 0.6) is 0 Å². The van der Waals surface area contributed by atoms with Crippen LogP contribution in [0, 0.1) is 0 Å².